The van der Waals surface area contributed by atoms with Crippen LogP contribution in [0.5, 0.6) is 5.75 Å². The molecule has 0 unspecified atom stereocenters. The minimum Gasteiger partial charge on any atom is -0.487 e. The summed E-state index contributed by atoms with van der Waals surface area (Å²) in [6.45, 7) is 4.02. The Balaban J connectivity index is 1.99. The summed E-state index contributed by atoms with van der Waals surface area (Å²) in [4.78, 5) is 12.5. The third-order valence-electron chi connectivity index (χ3n) is 3.50. The van der Waals surface area contributed by atoms with E-state index in [9.17, 15) is 9.18 Å². The second-order valence-electron chi connectivity index (χ2n) is 5.81. The largest absolute Gasteiger partial charge is 0.487 e. The van der Waals surface area contributed by atoms with Crippen molar-refractivity contribution in [3.8, 4) is 5.75 Å². The number of benzene rings is 2. The van der Waals surface area contributed by atoms with Gasteiger partial charge in [0.25, 0.3) is 0 Å². The van der Waals surface area contributed by atoms with E-state index in [0.717, 1.165) is 17.7 Å². The van der Waals surface area contributed by atoms with Crippen molar-refractivity contribution in [1.29, 1.82) is 0 Å². The molecule has 0 aliphatic carbocycles. The van der Waals surface area contributed by atoms with Crippen molar-refractivity contribution < 1.29 is 13.9 Å². The van der Waals surface area contributed by atoms with Crippen molar-refractivity contribution in [2.45, 2.75) is 25.9 Å². The number of carbonyl (C=O) groups is 1. The molecule has 0 spiro atoms. The highest BCUT2D eigenvalue weighted by Crippen LogP contribution is 2.35. The fourth-order valence-corrected chi connectivity index (χ4v) is 3.00. The zero-order chi connectivity index (χ0) is 15.2. The van der Waals surface area contributed by atoms with Gasteiger partial charge in [-0.3, -0.25) is 4.79 Å². The van der Waals surface area contributed by atoms with Gasteiger partial charge in [0.2, 0.25) is 0 Å². The SMILES string of the molecule is CC1(C)Cc2cc(C(=O)c3cc(F)ccc3Br)ccc2O1. The first-order chi connectivity index (χ1) is 9.85. The molecule has 0 radical (unpaired) electrons. The van der Waals surface area contributed by atoms with Gasteiger partial charge in [-0.15, -0.1) is 0 Å². The van der Waals surface area contributed by atoms with Gasteiger partial charge < -0.3 is 4.74 Å². The number of rotatable bonds is 2. The average Bonchev–Trinajstić information content (AvgIpc) is 2.73. The molecule has 0 atom stereocenters. The van der Waals surface area contributed by atoms with Gasteiger partial charge in [-0.2, -0.15) is 0 Å². The lowest BCUT2D eigenvalue weighted by Gasteiger charge is -2.16. The van der Waals surface area contributed by atoms with Gasteiger partial charge >= 0.3 is 0 Å². The highest BCUT2D eigenvalue weighted by atomic mass is 79.9. The molecular weight excluding hydrogens is 335 g/mol. The van der Waals surface area contributed by atoms with Crippen LogP contribution < -0.4 is 4.74 Å². The van der Waals surface area contributed by atoms with Gasteiger partial charge in [0, 0.05) is 22.0 Å². The van der Waals surface area contributed by atoms with Crippen LogP contribution in [0.25, 0.3) is 0 Å². The van der Waals surface area contributed by atoms with E-state index >= 15 is 0 Å². The van der Waals surface area contributed by atoms with Crippen molar-refractivity contribution >= 4 is 21.7 Å². The smallest absolute Gasteiger partial charge is 0.194 e. The molecule has 108 valence electrons. The number of halogens is 2. The lowest BCUT2D eigenvalue weighted by atomic mass is 9.97. The van der Waals surface area contributed by atoms with E-state index in [0.29, 0.717) is 15.6 Å². The Hall–Kier alpha value is -1.68. The number of fused-ring (bicyclic) bond motifs is 1. The number of ketones is 1. The first-order valence-corrected chi connectivity index (χ1v) is 7.47. The van der Waals surface area contributed by atoms with Crippen molar-refractivity contribution in [3.63, 3.8) is 0 Å². The third-order valence-corrected chi connectivity index (χ3v) is 4.19. The summed E-state index contributed by atoms with van der Waals surface area (Å²) in [5.41, 5.74) is 1.64. The van der Waals surface area contributed by atoms with Crippen LogP contribution in [0.3, 0.4) is 0 Å². The Kier molecular flexibility index (Phi) is 3.36. The van der Waals surface area contributed by atoms with E-state index < -0.39 is 5.82 Å². The molecule has 0 bridgehead atoms. The van der Waals surface area contributed by atoms with Gasteiger partial charge in [-0.25, -0.2) is 4.39 Å². The van der Waals surface area contributed by atoms with E-state index in [4.69, 9.17) is 4.74 Å². The monoisotopic (exact) mass is 348 g/mol. The van der Waals surface area contributed by atoms with Gasteiger partial charge in [0.15, 0.2) is 5.78 Å². The number of hydrogen-bond donors (Lipinski definition) is 0. The maximum Gasteiger partial charge on any atom is 0.194 e. The normalized spacial score (nSPS) is 15.4. The van der Waals surface area contributed by atoms with Crippen molar-refractivity contribution in [3.05, 3.63) is 63.4 Å². The lowest BCUT2D eigenvalue weighted by Crippen LogP contribution is -2.24. The van der Waals surface area contributed by atoms with Gasteiger partial charge in [-0.1, -0.05) is 15.9 Å². The fraction of sp³-hybridized carbons (Fsp3) is 0.235. The van der Waals surface area contributed by atoms with Crippen LogP contribution >= 0.6 is 15.9 Å². The number of carbonyl (C=O) groups excluding carboxylic acids is 1. The molecule has 0 aromatic heterocycles. The first kappa shape index (κ1) is 14.3. The van der Waals surface area contributed by atoms with Gasteiger partial charge in [0.05, 0.1) is 0 Å². The molecule has 4 heteroatoms. The molecule has 3 rings (SSSR count). The van der Waals surface area contributed by atoms with Crippen LogP contribution in [0.2, 0.25) is 0 Å². The summed E-state index contributed by atoms with van der Waals surface area (Å²) in [5.74, 6) is 0.191. The summed E-state index contributed by atoms with van der Waals surface area (Å²) in [6, 6.07) is 9.48. The molecule has 1 aliphatic heterocycles. The second-order valence-corrected chi connectivity index (χ2v) is 6.67. The molecule has 0 saturated carbocycles. The maximum absolute atomic E-state index is 13.4. The molecule has 1 aliphatic rings. The highest BCUT2D eigenvalue weighted by Gasteiger charge is 2.30. The Morgan fingerprint density at radius 2 is 2.00 bits per heavy atom. The van der Waals surface area contributed by atoms with E-state index in [2.05, 4.69) is 15.9 Å². The molecule has 21 heavy (non-hydrogen) atoms. The Morgan fingerprint density at radius 3 is 2.76 bits per heavy atom. The quantitative estimate of drug-likeness (QED) is 0.745. The molecule has 2 aromatic rings. The lowest BCUT2D eigenvalue weighted by molar-refractivity contribution is 0.103. The van der Waals surface area contributed by atoms with Crippen LogP contribution in [0.1, 0.15) is 35.3 Å². The molecule has 2 aromatic carbocycles. The van der Waals surface area contributed by atoms with Crippen molar-refractivity contribution in [2.75, 3.05) is 0 Å². The molecule has 1 heterocycles. The molecule has 2 nitrogen and oxygen atoms in total. The van der Waals surface area contributed by atoms with E-state index in [1.165, 1.54) is 12.1 Å². The number of ether oxygens (including phenoxy) is 1. The summed E-state index contributed by atoms with van der Waals surface area (Å²) in [5, 5.41) is 0. The Bertz CT molecular complexity index is 738. The highest BCUT2D eigenvalue weighted by molar-refractivity contribution is 9.10. The minimum atomic E-state index is -0.424. The molecule has 0 fully saturated rings. The van der Waals surface area contributed by atoms with Crippen LogP contribution in [-0.2, 0) is 6.42 Å². The minimum absolute atomic E-state index is 0.200. The van der Waals surface area contributed by atoms with Crippen molar-refractivity contribution in [2.24, 2.45) is 0 Å². The number of hydrogen-bond acceptors (Lipinski definition) is 2. The van der Waals surface area contributed by atoms with E-state index in [-0.39, 0.29) is 11.4 Å². The molecule has 0 N–H and O–H groups in total. The molecule has 0 amide bonds. The Labute approximate surface area is 131 Å². The predicted molar refractivity (Wildman–Crippen MR) is 82.4 cm³/mol. The van der Waals surface area contributed by atoms with E-state index in [1.807, 2.05) is 26.0 Å². The summed E-state index contributed by atoms with van der Waals surface area (Å²) >= 11 is 3.30. The van der Waals surface area contributed by atoms with Gasteiger partial charge in [0.1, 0.15) is 17.2 Å². The van der Waals surface area contributed by atoms with Crippen LogP contribution in [0, 0.1) is 5.82 Å². The fourth-order valence-electron chi connectivity index (χ4n) is 2.58. The third kappa shape index (κ3) is 2.72. The van der Waals surface area contributed by atoms with E-state index in [1.54, 1.807) is 12.1 Å². The Morgan fingerprint density at radius 1 is 1.24 bits per heavy atom. The predicted octanol–water partition coefficient (Wildman–Crippen LogP) is 4.53. The van der Waals surface area contributed by atoms with Crippen LogP contribution in [-0.4, -0.2) is 11.4 Å². The standard InChI is InChI=1S/C17H14BrFO2/c1-17(2)9-11-7-10(3-6-15(11)21-17)16(20)13-8-12(19)4-5-14(13)18/h3-8H,9H2,1-2H3. The van der Waals surface area contributed by atoms with Gasteiger partial charge in [-0.05, 0) is 55.8 Å². The summed E-state index contributed by atoms with van der Waals surface area (Å²) in [7, 11) is 0. The van der Waals surface area contributed by atoms with Crippen LogP contribution in [0.4, 0.5) is 4.39 Å². The zero-order valence-corrected chi connectivity index (χ0v) is 13.3. The van der Waals surface area contributed by atoms with Crippen molar-refractivity contribution in [1.82, 2.24) is 0 Å². The average molecular weight is 349 g/mol. The summed E-state index contributed by atoms with van der Waals surface area (Å²) in [6.07, 6.45) is 0.758. The topological polar surface area (TPSA) is 26.3 Å². The molecule has 0 saturated heterocycles. The van der Waals surface area contributed by atoms with Crippen LogP contribution in [0.15, 0.2) is 40.9 Å². The zero-order valence-electron chi connectivity index (χ0n) is 11.7. The maximum atomic E-state index is 13.4. The molecular formula is C17H14BrFO2. The first-order valence-electron chi connectivity index (χ1n) is 6.67. The summed E-state index contributed by atoms with van der Waals surface area (Å²) < 4.78 is 19.7. The second kappa shape index (κ2) is 4.95.